The van der Waals surface area contributed by atoms with Gasteiger partial charge in [0.05, 0.1) is 19.3 Å². The van der Waals surface area contributed by atoms with Crippen molar-refractivity contribution in [1.82, 2.24) is 5.32 Å². The molecule has 1 fully saturated rings. The molecule has 0 bridgehead atoms. The fraction of sp³-hybridized carbons (Fsp3) is 0.625. The third-order valence-electron chi connectivity index (χ3n) is 4.23. The molecule has 2 N–H and O–H groups in total. The maximum absolute atomic E-state index is 13.4. The summed E-state index contributed by atoms with van der Waals surface area (Å²) >= 11 is 0. The van der Waals surface area contributed by atoms with Gasteiger partial charge < -0.3 is 19.9 Å². The number of methoxy groups -OCH3 is 1. The van der Waals surface area contributed by atoms with Crippen LogP contribution in [0.25, 0.3) is 0 Å². The van der Waals surface area contributed by atoms with E-state index >= 15 is 0 Å². The molecule has 1 aromatic carbocycles. The van der Waals surface area contributed by atoms with Crippen LogP contribution in [0.3, 0.4) is 0 Å². The number of aliphatic hydroxyl groups excluding tert-OH is 1. The van der Waals surface area contributed by atoms with Crippen molar-refractivity contribution in [2.24, 2.45) is 5.41 Å². The molecule has 0 radical (unpaired) electrons. The third-order valence-corrected chi connectivity index (χ3v) is 4.23. The predicted octanol–water partition coefficient (Wildman–Crippen LogP) is 2.03. The molecule has 2 rings (SSSR count). The zero-order chi connectivity index (χ0) is 16.0. The molecule has 0 aliphatic carbocycles. The van der Waals surface area contributed by atoms with E-state index in [1.165, 1.54) is 6.07 Å². The first-order valence-electron chi connectivity index (χ1n) is 7.46. The lowest BCUT2D eigenvalue weighted by Crippen LogP contribution is -2.38. The van der Waals surface area contributed by atoms with E-state index in [0.29, 0.717) is 38.3 Å². The highest BCUT2D eigenvalue weighted by Crippen LogP contribution is 2.32. The highest BCUT2D eigenvalue weighted by atomic mass is 19.2. The second-order valence-electron chi connectivity index (χ2n) is 5.84. The summed E-state index contributed by atoms with van der Waals surface area (Å²) in [4.78, 5) is 0. The minimum atomic E-state index is -0.866. The Hall–Kier alpha value is -1.08. The molecule has 2 atom stereocenters. The van der Waals surface area contributed by atoms with Crippen molar-refractivity contribution in [1.29, 1.82) is 0 Å². The minimum absolute atomic E-state index is 0.102. The molecule has 0 saturated carbocycles. The van der Waals surface area contributed by atoms with Crippen LogP contribution in [0.4, 0.5) is 8.78 Å². The molecule has 22 heavy (non-hydrogen) atoms. The highest BCUT2D eigenvalue weighted by Gasteiger charge is 2.34. The number of nitrogens with one attached hydrogen (secondary N) is 1. The largest absolute Gasteiger partial charge is 0.396 e. The first-order valence-corrected chi connectivity index (χ1v) is 7.46. The monoisotopic (exact) mass is 315 g/mol. The van der Waals surface area contributed by atoms with Crippen LogP contribution >= 0.6 is 0 Å². The van der Waals surface area contributed by atoms with Crippen molar-refractivity contribution in [3.8, 4) is 0 Å². The molecule has 1 aliphatic rings. The van der Waals surface area contributed by atoms with Gasteiger partial charge in [-0.2, -0.15) is 0 Å². The van der Waals surface area contributed by atoms with Crippen molar-refractivity contribution in [2.75, 3.05) is 40.1 Å². The summed E-state index contributed by atoms with van der Waals surface area (Å²) in [6.07, 6.45) is 1.52. The Morgan fingerprint density at radius 1 is 1.41 bits per heavy atom. The van der Waals surface area contributed by atoms with Crippen molar-refractivity contribution < 1.29 is 23.4 Å². The van der Waals surface area contributed by atoms with Gasteiger partial charge in [-0.25, -0.2) is 8.78 Å². The van der Waals surface area contributed by atoms with Crippen molar-refractivity contribution in [3.63, 3.8) is 0 Å². The van der Waals surface area contributed by atoms with Crippen LogP contribution in [0.5, 0.6) is 0 Å². The predicted molar refractivity (Wildman–Crippen MR) is 78.5 cm³/mol. The van der Waals surface area contributed by atoms with Gasteiger partial charge in [-0.15, -0.1) is 0 Å². The second-order valence-corrected chi connectivity index (χ2v) is 5.84. The van der Waals surface area contributed by atoms with Gasteiger partial charge in [-0.3, -0.25) is 0 Å². The van der Waals surface area contributed by atoms with E-state index in [9.17, 15) is 13.9 Å². The summed E-state index contributed by atoms with van der Waals surface area (Å²) < 4.78 is 37.1. The quantitative estimate of drug-likeness (QED) is 0.771. The van der Waals surface area contributed by atoms with E-state index in [1.54, 1.807) is 13.2 Å². The zero-order valence-electron chi connectivity index (χ0n) is 12.8. The maximum Gasteiger partial charge on any atom is 0.159 e. The fourth-order valence-corrected chi connectivity index (χ4v) is 2.82. The highest BCUT2D eigenvalue weighted by molar-refractivity contribution is 5.21. The molecule has 0 amide bonds. The smallest absolute Gasteiger partial charge is 0.159 e. The lowest BCUT2D eigenvalue weighted by atomic mass is 9.83. The van der Waals surface area contributed by atoms with Crippen LogP contribution in [0, 0.1) is 17.0 Å². The molecule has 1 heterocycles. The van der Waals surface area contributed by atoms with E-state index in [0.717, 1.165) is 12.5 Å². The van der Waals surface area contributed by atoms with Gasteiger partial charge in [0.15, 0.2) is 11.6 Å². The lowest BCUT2D eigenvalue weighted by Gasteiger charge is -2.30. The molecular formula is C16H23F2NO3. The first kappa shape index (κ1) is 17.3. The van der Waals surface area contributed by atoms with Gasteiger partial charge in [-0.05, 0) is 30.5 Å². The Morgan fingerprint density at radius 2 is 2.23 bits per heavy atom. The first-order chi connectivity index (χ1) is 10.6. The van der Waals surface area contributed by atoms with Gasteiger partial charge in [0, 0.05) is 32.3 Å². The summed E-state index contributed by atoms with van der Waals surface area (Å²) in [6, 6.07) is 3.63. The number of hydrogen-bond acceptors (Lipinski definition) is 4. The van der Waals surface area contributed by atoms with Crippen LogP contribution in [-0.4, -0.2) is 45.2 Å². The Kier molecular flexibility index (Phi) is 6.26. The second kappa shape index (κ2) is 7.97. The summed E-state index contributed by atoms with van der Waals surface area (Å²) in [5, 5.41) is 12.6. The Labute approximate surface area is 129 Å². The Morgan fingerprint density at radius 3 is 2.82 bits per heavy atom. The molecule has 1 aliphatic heterocycles. The molecule has 1 saturated heterocycles. The number of aliphatic hydroxyl groups is 1. The summed E-state index contributed by atoms with van der Waals surface area (Å²) in [7, 11) is 1.57. The van der Waals surface area contributed by atoms with Crippen LogP contribution in [0.15, 0.2) is 18.2 Å². The molecule has 6 heteroatoms. The topological polar surface area (TPSA) is 50.7 Å². The number of rotatable bonds is 8. The number of ether oxygens (including phenoxy) is 2. The number of hydrogen-bond donors (Lipinski definition) is 2. The van der Waals surface area contributed by atoms with Crippen LogP contribution < -0.4 is 5.32 Å². The average molecular weight is 315 g/mol. The van der Waals surface area contributed by atoms with E-state index in [1.807, 2.05) is 0 Å². The maximum atomic E-state index is 13.4. The molecule has 0 aromatic heterocycles. The Bertz CT molecular complexity index is 478. The van der Waals surface area contributed by atoms with Gasteiger partial charge in [0.2, 0.25) is 0 Å². The van der Waals surface area contributed by atoms with Gasteiger partial charge >= 0.3 is 0 Å². The van der Waals surface area contributed by atoms with Crippen molar-refractivity contribution in [3.05, 3.63) is 35.4 Å². The Balaban J connectivity index is 2.06. The third kappa shape index (κ3) is 4.23. The van der Waals surface area contributed by atoms with E-state index in [2.05, 4.69) is 5.32 Å². The van der Waals surface area contributed by atoms with Crippen molar-refractivity contribution >= 4 is 0 Å². The molecule has 0 spiro atoms. The normalized spacial score (nSPS) is 22.9. The standard InChI is InChI=1S/C16H23F2NO3/c1-21-9-15(12-2-3-13(17)14(18)8-12)19-10-16(4-6-20)5-7-22-11-16/h2-3,8,15,19-20H,4-7,9-11H2,1H3. The number of benzene rings is 1. The van der Waals surface area contributed by atoms with Gasteiger partial charge in [0.1, 0.15) is 0 Å². The fourth-order valence-electron chi connectivity index (χ4n) is 2.82. The van der Waals surface area contributed by atoms with E-state index < -0.39 is 11.6 Å². The summed E-state index contributed by atoms with van der Waals surface area (Å²) in [5.41, 5.74) is 0.526. The lowest BCUT2D eigenvalue weighted by molar-refractivity contribution is 0.112. The van der Waals surface area contributed by atoms with Crippen LogP contribution in [0.2, 0.25) is 0 Å². The molecular weight excluding hydrogens is 292 g/mol. The molecule has 2 unspecified atom stereocenters. The van der Waals surface area contributed by atoms with Crippen LogP contribution in [-0.2, 0) is 9.47 Å². The van der Waals surface area contributed by atoms with Crippen molar-refractivity contribution in [2.45, 2.75) is 18.9 Å². The minimum Gasteiger partial charge on any atom is -0.396 e. The van der Waals surface area contributed by atoms with Crippen LogP contribution in [0.1, 0.15) is 24.4 Å². The van der Waals surface area contributed by atoms with Gasteiger partial charge in [-0.1, -0.05) is 6.07 Å². The van der Waals surface area contributed by atoms with Gasteiger partial charge in [0.25, 0.3) is 0 Å². The summed E-state index contributed by atoms with van der Waals surface area (Å²) in [5.74, 6) is -1.73. The SMILES string of the molecule is COCC(NCC1(CCO)CCOC1)c1ccc(F)c(F)c1. The molecule has 4 nitrogen and oxygen atoms in total. The number of halogens is 2. The van der Waals surface area contributed by atoms with E-state index in [4.69, 9.17) is 9.47 Å². The molecule has 1 aromatic rings. The zero-order valence-corrected chi connectivity index (χ0v) is 12.8. The average Bonchev–Trinajstić information content (AvgIpc) is 2.96. The molecule has 124 valence electrons. The summed E-state index contributed by atoms with van der Waals surface area (Å²) in [6.45, 7) is 2.35. The van der Waals surface area contributed by atoms with E-state index in [-0.39, 0.29) is 18.1 Å².